The van der Waals surface area contributed by atoms with Gasteiger partial charge in [-0.2, -0.15) is 0 Å². The molecule has 0 amide bonds. The van der Waals surface area contributed by atoms with E-state index >= 15 is 0 Å². The van der Waals surface area contributed by atoms with Crippen molar-refractivity contribution in [3.63, 3.8) is 0 Å². The average molecular weight is 218 g/mol. The first-order valence-electron chi connectivity index (χ1n) is 5.38. The lowest BCUT2D eigenvalue weighted by atomic mass is 9.91. The molecule has 1 saturated carbocycles. The van der Waals surface area contributed by atoms with Crippen LogP contribution in [0.25, 0.3) is 0 Å². The first-order valence-corrected chi connectivity index (χ1v) is 7.41. The summed E-state index contributed by atoms with van der Waals surface area (Å²) in [7, 11) is -3.01. The van der Waals surface area contributed by atoms with E-state index in [1.165, 1.54) is 19.3 Å². The molecular weight excluding hydrogens is 199 g/mol. The standard InChI is InChI=1S/C10H19O3P/c11-7-4-8-14(12,13)9-10-5-2-1-3-6-10/h7,10H,1-6,8-9H2,(H,12,13). The Morgan fingerprint density at radius 3 is 2.50 bits per heavy atom. The SMILES string of the molecule is O=CCCP(=O)(O)CC1CCCCC1. The van der Waals surface area contributed by atoms with Crippen LogP contribution in [0.1, 0.15) is 38.5 Å². The third-order valence-electron chi connectivity index (χ3n) is 2.86. The normalized spacial score (nSPS) is 22.9. The second-order valence-corrected chi connectivity index (χ2v) is 6.72. The molecule has 0 bridgehead atoms. The highest BCUT2D eigenvalue weighted by atomic mass is 31.2. The lowest BCUT2D eigenvalue weighted by Gasteiger charge is -2.23. The van der Waals surface area contributed by atoms with E-state index in [0.717, 1.165) is 19.1 Å². The monoisotopic (exact) mass is 218 g/mol. The van der Waals surface area contributed by atoms with Gasteiger partial charge in [0.25, 0.3) is 0 Å². The Morgan fingerprint density at radius 2 is 1.93 bits per heavy atom. The Kier molecular flexibility index (Phi) is 4.83. The number of hydrogen-bond acceptors (Lipinski definition) is 2. The molecule has 0 aromatic rings. The summed E-state index contributed by atoms with van der Waals surface area (Å²) < 4.78 is 11.6. The number of aldehydes is 1. The van der Waals surface area contributed by atoms with Crippen molar-refractivity contribution in [2.45, 2.75) is 38.5 Å². The van der Waals surface area contributed by atoms with Crippen LogP contribution in [0, 0.1) is 5.92 Å². The van der Waals surface area contributed by atoms with Crippen LogP contribution >= 0.6 is 7.37 Å². The van der Waals surface area contributed by atoms with Gasteiger partial charge >= 0.3 is 0 Å². The summed E-state index contributed by atoms with van der Waals surface area (Å²) in [5.41, 5.74) is 0. The Bertz CT molecular complexity index is 221. The topological polar surface area (TPSA) is 54.4 Å². The van der Waals surface area contributed by atoms with Gasteiger partial charge in [-0.3, -0.25) is 4.57 Å². The van der Waals surface area contributed by atoms with Crippen molar-refractivity contribution in [1.29, 1.82) is 0 Å². The third-order valence-corrected chi connectivity index (χ3v) is 4.91. The first-order chi connectivity index (χ1) is 6.64. The molecule has 0 radical (unpaired) electrons. The Morgan fingerprint density at radius 1 is 1.29 bits per heavy atom. The second kappa shape index (κ2) is 5.67. The molecule has 0 saturated heterocycles. The van der Waals surface area contributed by atoms with Gasteiger partial charge in [-0.05, 0) is 18.8 Å². The Hall–Kier alpha value is -0.140. The van der Waals surface area contributed by atoms with Crippen LogP contribution in [0.2, 0.25) is 0 Å². The zero-order valence-electron chi connectivity index (χ0n) is 8.52. The first kappa shape index (κ1) is 11.9. The van der Waals surface area contributed by atoms with Crippen LogP contribution in [-0.2, 0) is 9.36 Å². The smallest absolute Gasteiger partial charge is 0.201 e. The molecule has 14 heavy (non-hydrogen) atoms. The van der Waals surface area contributed by atoms with Gasteiger partial charge in [0.05, 0.1) is 0 Å². The number of carbonyl (C=O) groups excluding carboxylic acids is 1. The van der Waals surface area contributed by atoms with Crippen molar-refractivity contribution in [2.75, 3.05) is 12.3 Å². The van der Waals surface area contributed by atoms with Crippen LogP contribution < -0.4 is 0 Å². The molecule has 0 spiro atoms. The van der Waals surface area contributed by atoms with E-state index in [9.17, 15) is 14.3 Å². The van der Waals surface area contributed by atoms with E-state index in [-0.39, 0.29) is 12.6 Å². The Labute approximate surface area is 85.3 Å². The van der Waals surface area contributed by atoms with Gasteiger partial charge in [0.2, 0.25) is 7.37 Å². The lowest BCUT2D eigenvalue weighted by Crippen LogP contribution is -2.12. The maximum Gasteiger partial charge on any atom is 0.201 e. The molecule has 1 fully saturated rings. The summed E-state index contributed by atoms with van der Waals surface area (Å²) in [6.45, 7) is 0. The highest BCUT2D eigenvalue weighted by Gasteiger charge is 2.24. The summed E-state index contributed by atoms with van der Waals surface area (Å²) in [5, 5.41) is 0. The maximum atomic E-state index is 11.6. The van der Waals surface area contributed by atoms with E-state index in [4.69, 9.17) is 0 Å². The van der Waals surface area contributed by atoms with Crippen molar-refractivity contribution in [3.8, 4) is 0 Å². The molecule has 0 aromatic heterocycles. The van der Waals surface area contributed by atoms with Crippen molar-refractivity contribution in [3.05, 3.63) is 0 Å². The van der Waals surface area contributed by atoms with Gasteiger partial charge < -0.3 is 9.69 Å². The number of hydrogen-bond donors (Lipinski definition) is 1. The minimum Gasteiger partial charge on any atom is -0.344 e. The molecular formula is C10H19O3P. The molecule has 1 N–H and O–H groups in total. The van der Waals surface area contributed by atoms with Gasteiger partial charge in [-0.25, -0.2) is 0 Å². The third kappa shape index (κ3) is 4.39. The fourth-order valence-electron chi connectivity index (χ4n) is 2.12. The van der Waals surface area contributed by atoms with Gasteiger partial charge in [-0.15, -0.1) is 0 Å². The summed E-state index contributed by atoms with van der Waals surface area (Å²) in [4.78, 5) is 19.7. The van der Waals surface area contributed by atoms with Crippen molar-refractivity contribution in [1.82, 2.24) is 0 Å². The van der Waals surface area contributed by atoms with Crippen molar-refractivity contribution in [2.24, 2.45) is 5.92 Å². The van der Waals surface area contributed by atoms with Crippen LogP contribution in [0.4, 0.5) is 0 Å². The molecule has 1 aliphatic rings. The Balaban J connectivity index is 2.32. The summed E-state index contributed by atoms with van der Waals surface area (Å²) >= 11 is 0. The largest absolute Gasteiger partial charge is 0.344 e. The number of carbonyl (C=O) groups is 1. The highest BCUT2D eigenvalue weighted by Crippen LogP contribution is 2.45. The van der Waals surface area contributed by atoms with Gasteiger partial charge in [0.15, 0.2) is 0 Å². The molecule has 0 aromatic carbocycles. The molecule has 3 nitrogen and oxygen atoms in total. The molecule has 0 heterocycles. The highest BCUT2D eigenvalue weighted by molar-refractivity contribution is 7.58. The van der Waals surface area contributed by atoms with Crippen LogP contribution in [0.3, 0.4) is 0 Å². The average Bonchev–Trinajstić information content (AvgIpc) is 2.16. The minimum absolute atomic E-state index is 0.174. The van der Waals surface area contributed by atoms with Crippen LogP contribution in [-0.4, -0.2) is 23.5 Å². The van der Waals surface area contributed by atoms with Gasteiger partial charge in [-0.1, -0.05) is 19.3 Å². The molecule has 1 atom stereocenters. The van der Waals surface area contributed by atoms with Gasteiger partial charge in [0.1, 0.15) is 6.29 Å². The molecule has 82 valence electrons. The van der Waals surface area contributed by atoms with E-state index < -0.39 is 7.37 Å². The fraction of sp³-hybridized carbons (Fsp3) is 0.900. The molecule has 0 aliphatic heterocycles. The molecule has 1 unspecified atom stereocenters. The van der Waals surface area contributed by atoms with Crippen LogP contribution in [0.15, 0.2) is 0 Å². The van der Waals surface area contributed by atoms with Crippen LogP contribution in [0.5, 0.6) is 0 Å². The van der Waals surface area contributed by atoms with Crippen molar-refractivity contribution >= 4 is 13.7 Å². The summed E-state index contributed by atoms with van der Waals surface area (Å²) in [5.74, 6) is 0.422. The minimum atomic E-state index is -3.01. The predicted octanol–water partition coefficient (Wildman–Crippen LogP) is 2.43. The van der Waals surface area contributed by atoms with E-state index in [1.54, 1.807) is 0 Å². The molecule has 1 aliphatic carbocycles. The fourth-order valence-corrected chi connectivity index (χ4v) is 3.98. The van der Waals surface area contributed by atoms with E-state index in [1.807, 2.05) is 0 Å². The molecule has 1 rings (SSSR count). The van der Waals surface area contributed by atoms with E-state index in [0.29, 0.717) is 12.1 Å². The van der Waals surface area contributed by atoms with Crippen molar-refractivity contribution < 1.29 is 14.3 Å². The maximum absolute atomic E-state index is 11.6. The number of rotatable bonds is 5. The lowest BCUT2D eigenvalue weighted by molar-refractivity contribution is -0.107. The summed E-state index contributed by atoms with van der Waals surface area (Å²) in [6.07, 6.45) is 7.38. The predicted molar refractivity (Wildman–Crippen MR) is 56.8 cm³/mol. The zero-order valence-corrected chi connectivity index (χ0v) is 9.42. The quantitative estimate of drug-likeness (QED) is 0.569. The van der Waals surface area contributed by atoms with Gasteiger partial charge in [0, 0.05) is 18.7 Å². The molecule has 4 heteroatoms. The zero-order chi connectivity index (χ0) is 10.4. The van der Waals surface area contributed by atoms with E-state index in [2.05, 4.69) is 0 Å². The summed E-state index contributed by atoms with van der Waals surface area (Å²) in [6, 6.07) is 0. The second-order valence-electron chi connectivity index (χ2n) is 4.21.